The lowest BCUT2D eigenvalue weighted by atomic mass is 10.1. The van der Waals surface area contributed by atoms with E-state index in [0.717, 1.165) is 12.1 Å². The number of carbonyl (C=O) groups excluding carboxylic acids is 1. The van der Waals surface area contributed by atoms with Gasteiger partial charge in [-0.3, -0.25) is 4.90 Å². The normalized spacial score (nSPS) is 19.7. The highest BCUT2D eigenvalue weighted by Gasteiger charge is 2.30. The molecule has 0 saturated carbocycles. The highest BCUT2D eigenvalue weighted by Crippen LogP contribution is 2.27. The molecule has 128 valence electrons. The minimum atomic E-state index is -0.470. The summed E-state index contributed by atoms with van der Waals surface area (Å²) < 4.78 is 5.44. The number of rotatable bonds is 2. The molecule has 4 nitrogen and oxygen atoms in total. The summed E-state index contributed by atoms with van der Waals surface area (Å²) in [5, 5.41) is 1.36. The van der Waals surface area contributed by atoms with Crippen LogP contribution in [0.25, 0.3) is 0 Å². The summed E-state index contributed by atoms with van der Waals surface area (Å²) in [6.45, 7) is 10.5. The van der Waals surface area contributed by atoms with Crippen LogP contribution in [0.15, 0.2) is 18.2 Å². The number of hydrogen-bond acceptors (Lipinski definition) is 3. The number of nitrogens with zero attached hydrogens (tertiary/aromatic N) is 2. The molecule has 1 heterocycles. The van der Waals surface area contributed by atoms with Crippen molar-refractivity contribution in [3.63, 3.8) is 0 Å². The van der Waals surface area contributed by atoms with Crippen molar-refractivity contribution in [1.82, 2.24) is 9.80 Å². The Kier molecular flexibility index (Phi) is 5.82. The molecule has 23 heavy (non-hydrogen) atoms. The van der Waals surface area contributed by atoms with Gasteiger partial charge in [-0.2, -0.15) is 0 Å². The van der Waals surface area contributed by atoms with Crippen LogP contribution >= 0.6 is 23.2 Å². The molecule has 1 atom stereocenters. The van der Waals surface area contributed by atoms with Gasteiger partial charge in [0, 0.05) is 47.8 Å². The summed E-state index contributed by atoms with van der Waals surface area (Å²) in [5.74, 6) is 0. The van der Waals surface area contributed by atoms with E-state index < -0.39 is 5.60 Å². The summed E-state index contributed by atoms with van der Waals surface area (Å²) >= 11 is 12.5. The molecule has 0 aliphatic carbocycles. The second-order valence-electron chi connectivity index (χ2n) is 6.95. The van der Waals surface area contributed by atoms with Crippen LogP contribution < -0.4 is 0 Å². The molecule has 0 radical (unpaired) electrons. The first-order chi connectivity index (χ1) is 10.7. The maximum absolute atomic E-state index is 12.2. The van der Waals surface area contributed by atoms with E-state index in [9.17, 15) is 4.79 Å². The van der Waals surface area contributed by atoms with Gasteiger partial charge in [0.25, 0.3) is 0 Å². The highest BCUT2D eigenvalue weighted by molar-refractivity contribution is 6.35. The molecular weight excluding hydrogens is 335 g/mol. The average Bonchev–Trinajstić information content (AvgIpc) is 2.42. The van der Waals surface area contributed by atoms with Gasteiger partial charge in [0.05, 0.1) is 0 Å². The lowest BCUT2D eigenvalue weighted by Gasteiger charge is -2.40. The van der Waals surface area contributed by atoms with Gasteiger partial charge in [0.15, 0.2) is 0 Å². The zero-order valence-corrected chi connectivity index (χ0v) is 15.6. The van der Waals surface area contributed by atoms with E-state index in [1.54, 1.807) is 4.90 Å². The van der Waals surface area contributed by atoms with Crippen LogP contribution in [0.1, 0.15) is 33.3 Å². The third-order valence-corrected chi connectivity index (χ3v) is 4.55. The van der Waals surface area contributed by atoms with E-state index in [1.807, 2.05) is 39.0 Å². The fourth-order valence-electron chi connectivity index (χ4n) is 2.61. The Bertz CT molecular complexity index is 552. The zero-order valence-electron chi connectivity index (χ0n) is 14.1. The summed E-state index contributed by atoms with van der Waals surface area (Å²) in [7, 11) is 0. The quantitative estimate of drug-likeness (QED) is 0.783. The number of benzene rings is 1. The summed E-state index contributed by atoms with van der Waals surface area (Å²) in [6.07, 6.45) is -0.250. The van der Waals surface area contributed by atoms with Gasteiger partial charge in [0.2, 0.25) is 0 Å². The SMILES string of the molecule is CC1CN(C(=O)OC(C)(C)C)CCN1Cc1c(Cl)cccc1Cl. The monoisotopic (exact) mass is 358 g/mol. The molecule has 0 N–H and O–H groups in total. The third-order valence-electron chi connectivity index (χ3n) is 3.84. The molecule has 1 aliphatic rings. The van der Waals surface area contributed by atoms with Gasteiger partial charge in [-0.1, -0.05) is 29.3 Å². The Labute approximate surface area is 148 Å². The topological polar surface area (TPSA) is 32.8 Å². The van der Waals surface area contributed by atoms with Crippen molar-refractivity contribution >= 4 is 29.3 Å². The number of amides is 1. The Hall–Kier alpha value is -0.970. The summed E-state index contributed by atoms with van der Waals surface area (Å²) in [4.78, 5) is 16.2. The molecule has 1 aromatic carbocycles. The molecule has 0 aromatic heterocycles. The number of ether oxygens (including phenoxy) is 1. The summed E-state index contributed by atoms with van der Waals surface area (Å²) in [6, 6.07) is 5.76. The molecular formula is C17H24Cl2N2O2. The van der Waals surface area contributed by atoms with Crippen LogP contribution in [0, 0.1) is 0 Å². The van der Waals surface area contributed by atoms with Crippen LogP contribution in [0.2, 0.25) is 10.0 Å². The Morgan fingerprint density at radius 2 is 1.87 bits per heavy atom. The van der Waals surface area contributed by atoms with Crippen LogP contribution in [0.4, 0.5) is 4.79 Å². The highest BCUT2D eigenvalue weighted by atomic mass is 35.5. The molecule has 1 fully saturated rings. The van der Waals surface area contributed by atoms with Crippen molar-refractivity contribution in [2.24, 2.45) is 0 Å². The van der Waals surface area contributed by atoms with E-state index >= 15 is 0 Å². The number of piperazine rings is 1. The molecule has 0 bridgehead atoms. The fourth-order valence-corrected chi connectivity index (χ4v) is 3.13. The lowest BCUT2D eigenvalue weighted by Crippen LogP contribution is -2.54. The van der Waals surface area contributed by atoms with Crippen LogP contribution in [-0.2, 0) is 11.3 Å². The molecule has 0 spiro atoms. The average molecular weight is 359 g/mol. The predicted molar refractivity (Wildman–Crippen MR) is 94.1 cm³/mol. The standard InChI is InChI=1S/C17H24Cl2N2O2/c1-12-10-21(16(22)23-17(2,3)4)9-8-20(12)11-13-14(18)6-5-7-15(13)19/h5-7,12H,8-11H2,1-4H3. The number of hydrogen-bond donors (Lipinski definition) is 0. The van der Waals surface area contributed by atoms with Crippen molar-refractivity contribution in [2.75, 3.05) is 19.6 Å². The maximum Gasteiger partial charge on any atom is 0.410 e. The minimum Gasteiger partial charge on any atom is -0.444 e. The van der Waals surface area contributed by atoms with Gasteiger partial charge < -0.3 is 9.64 Å². The zero-order chi connectivity index (χ0) is 17.2. The van der Waals surface area contributed by atoms with Crippen molar-refractivity contribution in [2.45, 2.75) is 45.9 Å². The predicted octanol–water partition coefficient (Wildman–Crippen LogP) is 4.43. The second-order valence-corrected chi connectivity index (χ2v) is 7.76. The van der Waals surface area contributed by atoms with Crippen molar-refractivity contribution in [3.8, 4) is 0 Å². The molecule has 1 aliphatic heterocycles. The minimum absolute atomic E-state index is 0.212. The van der Waals surface area contributed by atoms with Crippen molar-refractivity contribution in [1.29, 1.82) is 0 Å². The van der Waals surface area contributed by atoms with E-state index in [4.69, 9.17) is 27.9 Å². The third kappa shape index (κ3) is 5.00. The Morgan fingerprint density at radius 3 is 2.39 bits per heavy atom. The first-order valence-electron chi connectivity index (χ1n) is 7.82. The molecule has 1 unspecified atom stereocenters. The molecule has 1 saturated heterocycles. The maximum atomic E-state index is 12.2. The van der Waals surface area contributed by atoms with Crippen molar-refractivity contribution in [3.05, 3.63) is 33.8 Å². The van der Waals surface area contributed by atoms with Gasteiger partial charge in [0.1, 0.15) is 5.60 Å². The van der Waals surface area contributed by atoms with E-state index in [1.165, 1.54) is 0 Å². The van der Waals surface area contributed by atoms with Crippen LogP contribution in [0.5, 0.6) is 0 Å². The van der Waals surface area contributed by atoms with E-state index in [-0.39, 0.29) is 12.1 Å². The Balaban J connectivity index is 1.98. The second kappa shape index (κ2) is 7.29. The van der Waals surface area contributed by atoms with Gasteiger partial charge in [-0.15, -0.1) is 0 Å². The molecule has 1 amide bonds. The molecule has 1 aromatic rings. The largest absolute Gasteiger partial charge is 0.444 e. The van der Waals surface area contributed by atoms with E-state index in [0.29, 0.717) is 29.7 Å². The fraction of sp³-hybridized carbons (Fsp3) is 0.588. The number of carbonyl (C=O) groups is 1. The summed E-state index contributed by atoms with van der Waals surface area (Å²) in [5.41, 5.74) is 0.469. The van der Waals surface area contributed by atoms with Crippen LogP contribution in [-0.4, -0.2) is 47.2 Å². The number of halogens is 2. The first kappa shape index (κ1) is 18.4. The van der Waals surface area contributed by atoms with Gasteiger partial charge in [-0.25, -0.2) is 4.79 Å². The van der Waals surface area contributed by atoms with Gasteiger partial charge in [-0.05, 0) is 39.8 Å². The Morgan fingerprint density at radius 1 is 1.26 bits per heavy atom. The smallest absolute Gasteiger partial charge is 0.410 e. The molecule has 2 rings (SSSR count). The van der Waals surface area contributed by atoms with Crippen molar-refractivity contribution < 1.29 is 9.53 Å². The lowest BCUT2D eigenvalue weighted by molar-refractivity contribution is 0.00461. The molecule has 6 heteroatoms. The first-order valence-corrected chi connectivity index (χ1v) is 8.58. The van der Waals surface area contributed by atoms with E-state index in [2.05, 4.69) is 11.8 Å². The van der Waals surface area contributed by atoms with Gasteiger partial charge >= 0.3 is 6.09 Å². The van der Waals surface area contributed by atoms with Crippen LogP contribution in [0.3, 0.4) is 0 Å².